The van der Waals surface area contributed by atoms with E-state index in [0.29, 0.717) is 26.1 Å². The lowest BCUT2D eigenvalue weighted by atomic mass is 9.71. The molecule has 2 amide bonds. The molecule has 130 valence electrons. The second kappa shape index (κ2) is 7.34. The van der Waals surface area contributed by atoms with Crippen LogP contribution in [0.1, 0.15) is 50.1 Å². The third kappa shape index (κ3) is 3.46. The van der Waals surface area contributed by atoms with E-state index in [9.17, 15) is 9.59 Å². The van der Waals surface area contributed by atoms with Crippen molar-refractivity contribution in [2.24, 2.45) is 11.1 Å². The van der Waals surface area contributed by atoms with Crippen molar-refractivity contribution in [2.75, 3.05) is 19.6 Å². The molecule has 1 saturated heterocycles. The van der Waals surface area contributed by atoms with E-state index in [2.05, 4.69) is 5.32 Å². The zero-order valence-corrected chi connectivity index (χ0v) is 14.2. The molecule has 2 fully saturated rings. The van der Waals surface area contributed by atoms with E-state index in [-0.39, 0.29) is 17.2 Å². The number of carbonyl (C=O) groups excluding carboxylic acids is 2. The number of piperazine rings is 1. The second-order valence-corrected chi connectivity index (χ2v) is 7.13. The SMILES string of the molecule is NCC1(CC(=O)N2CCNC(=O)C2c2ccccc2)CCCCC1. The average Bonchev–Trinajstić information content (AvgIpc) is 2.63. The van der Waals surface area contributed by atoms with Crippen LogP contribution in [0.25, 0.3) is 0 Å². The Kier molecular flexibility index (Phi) is 5.19. The molecular weight excluding hydrogens is 302 g/mol. The largest absolute Gasteiger partial charge is 0.352 e. The van der Waals surface area contributed by atoms with Gasteiger partial charge in [-0.2, -0.15) is 0 Å². The molecule has 0 bridgehead atoms. The van der Waals surface area contributed by atoms with Crippen molar-refractivity contribution in [3.63, 3.8) is 0 Å². The molecule has 1 aromatic rings. The lowest BCUT2D eigenvalue weighted by Crippen LogP contribution is -2.53. The molecule has 1 aliphatic heterocycles. The Labute approximate surface area is 143 Å². The van der Waals surface area contributed by atoms with Crippen LogP contribution in [0.2, 0.25) is 0 Å². The fourth-order valence-electron chi connectivity index (χ4n) is 4.08. The molecule has 1 aliphatic carbocycles. The standard InChI is InChI=1S/C19H27N3O2/c20-14-19(9-5-2-6-10-19)13-16(23)22-12-11-21-18(24)17(22)15-7-3-1-4-8-15/h1,3-4,7-8,17H,2,5-6,9-14,20H2,(H,21,24). The first-order valence-electron chi connectivity index (χ1n) is 8.97. The van der Waals surface area contributed by atoms with Crippen molar-refractivity contribution in [2.45, 2.75) is 44.6 Å². The van der Waals surface area contributed by atoms with Crippen molar-refractivity contribution >= 4 is 11.8 Å². The number of amides is 2. The van der Waals surface area contributed by atoms with Crippen LogP contribution in [-0.4, -0.2) is 36.3 Å². The van der Waals surface area contributed by atoms with Gasteiger partial charge < -0.3 is 16.0 Å². The summed E-state index contributed by atoms with van der Waals surface area (Å²) in [5.74, 6) is -0.0303. The third-order valence-corrected chi connectivity index (χ3v) is 5.52. The van der Waals surface area contributed by atoms with Crippen LogP contribution in [0, 0.1) is 5.41 Å². The summed E-state index contributed by atoms with van der Waals surface area (Å²) in [7, 11) is 0. The van der Waals surface area contributed by atoms with E-state index >= 15 is 0 Å². The summed E-state index contributed by atoms with van der Waals surface area (Å²) in [6.45, 7) is 1.63. The minimum atomic E-state index is -0.522. The maximum atomic E-state index is 13.1. The molecule has 0 spiro atoms. The Morgan fingerprint density at radius 3 is 2.58 bits per heavy atom. The molecule has 1 aromatic carbocycles. The van der Waals surface area contributed by atoms with Crippen molar-refractivity contribution in [3.8, 4) is 0 Å². The number of nitrogens with zero attached hydrogens (tertiary/aromatic N) is 1. The molecule has 3 N–H and O–H groups in total. The number of benzene rings is 1. The summed E-state index contributed by atoms with van der Waals surface area (Å²) in [5, 5.41) is 2.89. The highest BCUT2D eigenvalue weighted by molar-refractivity contribution is 5.90. The van der Waals surface area contributed by atoms with E-state index in [1.54, 1.807) is 4.90 Å². The topological polar surface area (TPSA) is 75.4 Å². The van der Waals surface area contributed by atoms with E-state index in [1.807, 2.05) is 30.3 Å². The van der Waals surface area contributed by atoms with Gasteiger partial charge in [-0.3, -0.25) is 9.59 Å². The number of rotatable bonds is 4. The number of nitrogens with two attached hydrogens (primary N) is 1. The maximum Gasteiger partial charge on any atom is 0.247 e. The highest BCUT2D eigenvalue weighted by Gasteiger charge is 2.39. The summed E-state index contributed by atoms with van der Waals surface area (Å²) < 4.78 is 0. The zero-order chi connectivity index (χ0) is 17.0. The first-order chi connectivity index (χ1) is 11.7. The predicted octanol–water partition coefficient (Wildman–Crippen LogP) is 1.99. The molecule has 1 saturated carbocycles. The number of nitrogens with one attached hydrogen (secondary N) is 1. The molecule has 1 unspecified atom stereocenters. The van der Waals surface area contributed by atoms with E-state index in [1.165, 1.54) is 6.42 Å². The third-order valence-electron chi connectivity index (χ3n) is 5.52. The first kappa shape index (κ1) is 17.0. The normalized spacial score (nSPS) is 23.6. The number of hydrogen-bond acceptors (Lipinski definition) is 3. The van der Waals surface area contributed by atoms with E-state index in [0.717, 1.165) is 31.2 Å². The quantitative estimate of drug-likeness (QED) is 0.887. The summed E-state index contributed by atoms with van der Waals surface area (Å²) in [6.07, 6.45) is 6.02. The zero-order valence-electron chi connectivity index (χ0n) is 14.2. The molecule has 2 aliphatic rings. The molecule has 3 rings (SSSR count). The highest BCUT2D eigenvalue weighted by Crippen LogP contribution is 2.39. The monoisotopic (exact) mass is 329 g/mol. The van der Waals surface area contributed by atoms with Gasteiger partial charge in [0, 0.05) is 19.5 Å². The molecule has 24 heavy (non-hydrogen) atoms. The molecular formula is C19H27N3O2. The van der Waals surface area contributed by atoms with Gasteiger partial charge in [-0.05, 0) is 30.4 Å². The predicted molar refractivity (Wildman–Crippen MR) is 93.1 cm³/mol. The lowest BCUT2D eigenvalue weighted by Gasteiger charge is -2.40. The van der Waals surface area contributed by atoms with Crippen molar-refractivity contribution in [3.05, 3.63) is 35.9 Å². The number of hydrogen-bond donors (Lipinski definition) is 2. The fourth-order valence-corrected chi connectivity index (χ4v) is 4.08. The van der Waals surface area contributed by atoms with Gasteiger partial charge in [0.05, 0.1) is 0 Å². The fraction of sp³-hybridized carbons (Fsp3) is 0.579. The smallest absolute Gasteiger partial charge is 0.247 e. The minimum Gasteiger partial charge on any atom is -0.352 e. The van der Waals surface area contributed by atoms with Gasteiger partial charge >= 0.3 is 0 Å². The minimum absolute atomic E-state index is 0.0612. The van der Waals surface area contributed by atoms with Crippen molar-refractivity contribution in [1.82, 2.24) is 10.2 Å². The Morgan fingerprint density at radius 2 is 1.92 bits per heavy atom. The summed E-state index contributed by atoms with van der Waals surface area (Å²) >= 11 is 0. The molecule has 1 atom stereocenters. The van der Waals surface area contributed by atoms with Crippen LogP contribution >= 0.6 is 0 Å². The van der Waals surface area contributed by atoms with Gasteiger partial charge in [0.2, 0.25) is 11.8 Å². The molecule has 0 radical (unpaired) electrons. The Hall–Kier alpha value is -1.88. The van der Waals surface area contributed by atoms with Crippen LogP contribution in [0.5, 0.6) is 0 Å². The first-order valence-corrected chi connectivity index (χ1v) is 8.97. The molecule has 5 heteroatoms. The number of carbonyl (C=O) groups is 2. The molecule has 5 nitrogen and oxygen atoms in total. The Bertz CT molecular complexity index is 582. The van der Waals surface area contributed by atoms with Gasteiger partial charge in [0.1, 0.15) is 6.04 Å². The van der Waals surface area contributed by atoms with E-state index in [4.69, 9.17) is 5.73 Å². The average molecular weight is 329 g/mol. The Balaban J connectivity index is 1.79. The maximum absolute atomic E-state index is 13.1. The van der Waals surface area contributed by atoms with Crippen LogP contribution in [0.15, 0.2) is 30.3 Å². The van der Waals surface area contributed by atoms with Crippen LogP contribution in [-0.2, 0) is 9.59 Å². The van der Waals surface area contributed by atoms with Gasteiger partial charge in [-0.25, -0.2) is 0 Å². The van der Waals surface area contributed by atoms with Crippen molar-refractivity contribution in [1.29, 1.82) is 0 Å². The van der Waals surface area contributed by atoms with Crippen molar-refractivity contribution < 1.29 is 9.59 Å². The summed E-state index contributed by atoms with van der Waals surface area (Å²) in [4.78, 5) is 27.2. The molecule has 0 aromatic heterocycles. The van der Waals surface area contributed by atoms with Crippen LogP contribution in [0.3, 0.4) is 0 Å². The van der Waals surface area contributed by atoms with Crippen LogP contribution in [0.4, 0.5) is 0 Å². The van der Waals surface area contributed by atoms with Crippen LogP contribution < -0.4 is 11.1 Å². The second-order valence-electron chi connectivity index (χ2n) is 7.13. The summed E-state index contributed by atoms with van der Waals surface area (Å²) in [5.41, 5.74) is 6.83. The van der Waals surface area contributed by atoms with E-state index < -0.39 is 6.04 Å². The van der Waals surface area contributed by atoms with Gasteiger partial charge in [0.15, 0.2) is 0 Å². The summed E-state index contributed by atoms with van der Waals surface area (Å²) in [6, 6.07) is 9.03. The molecule has 1 heterocycles. The van der Waals surface area contributed by atoms with Gasteiger partial charge in [-0.15, -0.1) is 0 Å². The highest BCUT2D eigenvalue weighted by atomic mass is 16.2. The Morgan fingerprint density at radius 1 is 1.21 bits per heavy atom. The lowest BCUT2D eigenvalue weighted by molar-refractivity contribution is -0.145. The van der Waals surface area contributed by atoms with Gasteiger partial charge in [0.25, 0.3) is 0 Å². The van der Waals surface area contributed by atoms with Gasteiger partial charge in [-0.1, -0.05) is 49.6 Å².